The maximum absolute atomic E-state index is 10.9. The molecule has 0 spiro atoms. The fraction of sp³-hybridized carbons (Fsp3) is 0.750. The van der Waals surface area contributed by atoms with Gasteiger partial charge in [-0.1, -0.05) is 25.8 Å². The normalized spacial score (nSPS) is 10.3. The van der Waals surface area contributed by atoms with Gasteiger partial charge in [0.05, 0.1) is 13.2 Å². The van der Waals surface area contributed by atoms with E-state index in [1.165, 1.54) is 6.08 Å². The Bertz CT molecular complexity index is 398. The first kappa shape index (κ1) is 29.5. The molecule has 0 aliphatic rings. The minimum atomic E-state index is -5.17. The van der Waals surface area contributed by atoms with Crippen LogP contribution in [0.3, 0.4) is 0 Å². The molecule has 0 aromatic rings. The number of hydrogen-bond donors (Lipinski definition) is 0. The van der Waals surface area contributed by atoms with E-state index in [2.05, 4.69) is 14.9 Å². The van der Waals surface area contributed by atoms with Crippen LogP contribution in [0.5, 0.6) is 0 Å². The van der Waals surface area contributed by atoms with Crippen molar-refractivity contribution in [2.24, 2.45) is 0 Å². The second kappa shape index (κ2) is 16.8. The van der Waals surface area contributed by atoms with Gasteiger partial charge in [-0.15, -0.1) is 6.58 Å². The fourth-order valence-electron chi connectivity index (χ4n) is 0.679. The van der Waals surface area contributed by atoms with Crippen LogP contribution in [0, 0.1) is 0 Å². The molecule has 0 aromatic heterocycles. The topological polar surface area (TPSA) is 133 Å². The minimum absolute atomic E-state index is 0. The molecule has 0 N–H and O–H groups in total. The standard InChI is InChI=1S/C8H16O4S.2Na.H2O4S/c1-3-5-6-8-12-13(9,10)11-7-4-2;;;1-5(2,3)4/h4H,2-3,5-8H2,1H3;;;(H2,1,2,3,4)/q;2*+1;/p-2. The number of hydrogen-bond acceptors (Lipinski definition) is 8. The summed E-state index contributed by atoms with van der Waals surface area (Å²) in [5.41, 5.74) is 0. The maximum atomic E-state index is 10.9. The Hall–Kier alpha value is 1.48. The summed E-state index contributed by atoms with van der Waals surface area (Å²) in [6, 6.07) is 0. The summed E-state index contributed by atoms with van der Waals surface area (Å²) in [5, 5.41) is 0. The van der Waals surface area contributed by atoms with Gasteiger partial charge in [0.15, 0.2) is 0 Å². The Kier molecular flexibility index (Phi) is 24.8. The van der Waals surface area contributed by atoms with Crippen LogP contribution in [0.15, 0.2) is 12.7 Å². The van der Waals surface area contributed by atoms with Crippen molar-refractivity contribution in [3.05, 3.63) is 12.7 Å². The average molecular weight is 350 g/mol. The molecule has 0 aromatic carbocycles. The molecule has 0 radical (unpaired) electrons. The molecular weight excluding hydrogens is 334 g/mol. The number of rotatable bonds is 8. The van der Waals surface area contributed by atoms with Crippen molar-refractivity contribution < 1.29 is 93.4 Å². The zero-order chi connectivity index (χ0) is 14.7. The van der Waals surface area contributed by atoms with E-state index in [0.29, 0.717) is 0 Å². The predicted molar refractivity (Wildman–Crippen MR) is 61.0 cm³/mol. The second-order valence-corrected chi connectivity index (χ2v) is 5.02. The van der Waals surface area contributed by atoms with E-state index >= 15 is 0 Å². The summed E-state index contributed by atoms with van der Waals surface area (Å²) in [6.45, 7) is 5.50. The molecule has 8 nitrogen and oxygen atoms in total. The van der Waals surface area contributed by atoms with Crippen molar-refractivity contribution in [2.75, 3.05) is 13.2 Å². The predicted octanol–water partition coefficient (Wildman–Crippen LogP) is -5.69. The van der Waals surface area contributed by atoms with Crippen LogP contribution >= 0.6 is 0 Å². The molecule has 0 saturated heterocycles. The third-order valence-corrected chi connectivity index (χ3v) is 2.19. The molecule has 0 rings (SSSR count). The summed E-state index contributed by atoms with van der Waals surface area (Å²) in [5.74, 6) is 0. The summed E-state index contributed by atoms with van der Waals surface area (Å²) >= 11 is 0. The molecular formula is C8H16Na2O8S2. The van der Waals surface area contributed by atoms with Gasteiger partial charge >= 0.3 is 69.5 Å². The molecule has 0 bridgehead atoms. The largest absolute Gasteiger partial charge is 1.00 e. The smallest absolute Gasteiger partial charge is 0.759 e. The van der Waals surface area contributed by atoms with Crippen LogP contribution in [0.2, 0.25) is 0 Å². The third kappa shape index (κ3) is 36.6. The van der Waals surface area contributed by atoms with Crippen molar-refractivity contribution in [3.63, 3.8) is 0 Å². The van der Waals surface area contributed by atoms with Gasteiger partial charge in [-0.25, -0.2) is 8.37 Å². The van der Waals surface area contributed by atoms with Gasteiger partial charge in [-0.2, -0.15) is 8.42 Å². The SMILES string of the molecule is C=CCOS(=O)(=O)OCCCCC.O=S(=O)([O-])[O-].[Na+].[Na+]. The molecule has 110 valence electrons. The Balaban J connectivity index is -0.000000158. The van der Waals surface area contributed by atoms with Crippen LogP contribution in [0.4, 0.5) is 0 Å². The minimum Gasteiger partial charge on any atom is -0.759 e. The van der Waals surface area contributed by atoms with Crippen molar-refractivity contribution in [2.45, 2.75) is 26.2 Å². The van der Waals surface area contributed by atoms with E-state index < -0.39 is 20.8 Å². The van der Waals surface area contributed by atoms with Gasteiger partial charge in [-0.05, 0) is 6.42 Å². The fourth-order valence-corrected chi connectivity index (χ4v) is 1.33. The Morgan fingerprint density at radius 2 is 1.50 bits per heavy atom. The van der Waals surface area contributed by atoms with Crippen LogP contribution < -0.4 is 59.1 Å². The Labute approximate surface area is 164 Å². The van der Waals surface area contributed by atoms with Gasteiger partial charge in [0.25, 0.3) is 0 Å². The van der Waals surface area contributed by atoms with Crippen molar-refractivity contribution in [1.82, 2.24) is 0 Å². The average Bonchev–Trinajstić information content (AvgIpc) is 2.19. The van der Waals surface area contributed by atoms with E-state index in [-0.39, 0.29) is 72.3 Å². The molecule has 0 saturated carbocycles. The Morgan fingerprint density at radius 1 is 1.05 bits per heavy atom. The van der Waals surface area contributed by atoms with Crippen LogP contribution in [0.25, 0.3) is 0 Å². The van der Waals surface area contributed by atoms with Gasteiger partial charge in [0, 0.05) is 10.4 Å². The van der Waals surface area contributed by atoms with Crippen molar-refractivity contribution in [1.29, 1.82) is 0 Å². The second-order valence-electron chi connectivity index (χ2n) is 2.92. The molecule has 0 aliphatic heterocycles. The summed E-state index contributed by atoms with van der Waals surface area (Å²) in [4.78, 5) is 0. The summed E-state index contributed by atoms with van der Waals surface area (Å²) < 4.78 is 64.7. The molecule has 0 fully saturated rings. The molecule has 0 atom stereocenters. The monoisotopic (exact) mass is 350 g/mol. The number of unbranched alkanes of at least 4 members (excludes halogenated alkanes) is 2. The molecule has 0 heterocycles. The quantitative estimate of drug-likeness (QED) is 0.139. The zero-order valence-electron chi connectivity index (χ0n) is 11.9. The Morgan fingerprint density at radius 3 is 1.85 bits per heavy atom. The van der Waals surface area contributed by atoms with Crippen molar-refractivity contribution in [3.8, 4) is 0 Å². The van der Waals surface area contributed by atoms with E-state index in [4.69, 9.17) is 17.5 Å². The first-order valence-electron chi connectivity index (χ1n) is 4.93. The van der Waals surface area contributed by atoms with Crippen LogP contribution in [-0.4, -0.2) is 39.2 Å². The van der Waals surface area contributed by atoms with E-state index in [0.717, 1.165) is 19.3 Å². The third-order valence-electron chi connectivity index (χ3n) is 1.31. The molecule has 0 unspecified atom stereocenters. The zero-order valence-corrected chi connectivity index (χ0v) is 17.5. The van der Waals surface area contributed by atoms with Gasteiger partial charge in [0.1, 0.15) is 0 Å². The molecule has 0 aliphatic carbocycles. The summed E-state index contributed by atoms with van der Waals surface area (Å²) in [6.07, 6.45) is 4.06. The van der Waals surface area contributed by atoms with Gasteiger partial charge in [-0.3, -0.25) is 8.42 Å². The van der Waals surface area contributed by atoms with Crippen LogP contribution in [-0.2, 0) is 29.2 Å². The molecule has 12 heteroatoms. The van der Waals surface area contributed by atoms with Gasteiger partial charge < -0.3 is 9.11 Å². The van der Waals surface area contributed by atoms with E-state index in [1.807, 2.05) is 6.92 Å². The first-order chi connectivity index (χ1) is 8.12. The maximum Gasteiger partial charge on any atom is 1.00 e. The van der Waals surface area contributed by atoms with E-state index in [9.17, 15) is 8.42 Å². The van der Waals surface area contributed by atoms with Gasteiger partial charge in [0.2, 0.25) is 0 Å². The first-order valence-corrected chi connectivity index (χ1v) is 7.60. The van der Waals surface area contributed by atoms with E-state index in [1.54, 1.807) is 0 Å². The summed E-state index contributed by atoms with van der Waals surface area (Å²) in [7, 11) is -8.96. The van der Waals surface area contributed by atoms with Crippen molar-refractivity contribution >= 4 is 20.8 Å². The molecule has 0 amide bonds. The van der Waals surface area contributed by atoms with Crippen LogP contribution in [0.1, 0.15) is 26.2 Å². The molecule has 20 heavy (non-hydrogen) atoms.